The topological polar surface area (TPSA) is 55.1 Å². The van der Waals surface area contributed by atoms with E-state index in [1.54, 1.807) is 0 Å². The van der Waals surface area contributed by atoms with Gasteiger partial charge in [0, 0.05) is 12.7 Å². The van der Waals surface area contributed by atoms with E-state index in [0.29, 0.717) is 12.5 Å². The maximum absolute atomic E-state index is 10.7. The summed E-state index contributed by atoms with van der Waals surface area (Å²) in [5.41, 5.74) is 0.264. The van der Waals surface area contributed by atoms with Crippen LogP contribution in [-0.4, -0.2) is 20.9 Å². The van der Waals surface area contributed by atoms with Gasteiger partial charge in [-0.3, -0.25) is 4.68 Å². The Bertz CT molecular complexity index is 294. The maximum atomic E-state index is 10.7. The van der Waals surface area contributed by atoms with E-state index in [0.717, 1.165) is 6.42 Å². The minimum absolute atomic E-state index is 0.264. The van der Waals surface area contributed by atoms with E-state index >= 15 is 0 Å². The van der Waals surface area contributed by atoms with E-state index in [-0.39, 0.29) is 5.69 Å². The minimum Gasteiger partial charge on any atom is -0.477 e. The number of aromatic nitrogens is 2. The molecule has 0 spiro atoms. The Kier molecular flexibility index (Phi) is 3.06. The van der Waals surface area contributed by atoms with Crippen molar-refractivity contribution >= 4 is 5.97 Å². The molecule has 0 aliphatic rings. The molecule has 4 nitrogen and oxygen atoms in total. The number of carboxylic acid groups (broad SMARTS) is 1. The van der Waals surface area contributed by atoms with Crippen LogP contribution < -0.4 is 0 Å². The molecule has 72 valence electrons. The van der Waals surface area contributed by atoms with Crippen LogP contribution in [0.3, 0.4) is 0 Å². The fraction of sp³-hybridized carbons (Fsp3) is 0.556. The van der Waals surface area contributed by atoms with Gasteiger partial charge in [-0.05, 0) is 12.0 Å². The molecule has 0 amide bonds. The summed E-state index contributed by atoms with van der Waals surface area (Å²) in [5.74, 6) is -0.459. The molecule has 0 fully saturated rings. The molecule has 1 unspecified atom stereocenters. The summed E-state index contributed by atoms with van der Waals surface area (Å²) >= 11 is 0. The summed E-state index contributed by atoms with van der Waals surface area (Å²) in [4.78, 5) is 10.7. The van der Waals surface area contributed by atoms with Gasteiger partial charge < -0.3 is 5.11 Å². The van der Waals surface area contributed by atoms with Gasteiger partial charge in [0.1, 0.15) is 5.69 Å². The summed E-state index contributed by atoms with van der Waals surface area (Å²) < 4.78 is 1.54. The van der Waals surface area contributed by atoms with Gasteiger partial charge in [-0.15, -0.1) is 0 Å². The molecule has 0 aliphatic heterocycles. The van der Waals surface area contributed by atoms with Crippen molar-refractivity contribution < 1.29 is 9.90 Å². The van der Waals surface area contributed by atoms with Crippen molar-refractivity contribution in [1.29, 1.82) is 0 Å². The Balaban J connectivity index is 2.76. The van der Waals surface area contributed by atoms with Crippen LogP contribution in [0.4, 0.5) is 0 Å². The fourth-order valence-corrected chi connectivity index (χ4v) is 1.08. The Hall–Kier alpha value is -1.32. The molecule has 0 aromatic carbocycles. The molecular weight excluding hydrogens is 168 g/mol. The predicted molar refractivity (Wildman–Crippen MR) is 48.6 cm³/mol. The van der Waals surface area contributed by atoms with Crippen molar-refractivity contribution in [2.24, 2.45) is 5.92 Å². The number of aromatic carboxylic acids is 1. The number of carboxylic acids is 1. The van der Waals surface area contributed by atoms with Crippen LogP contribution in [0, 0.1) is 5.92 Å². The standard InChI is InChI=1S/C9H14N2O2/c1-3-7(2)6-11-8(9(12)13)4-5-10-11/h4-5,7H,3,6H2,1-2H3,(H,12,13). The first-order chi connectivity index (χ1) is 6.15. The highest BCUT2D eigenvalue weighted by Crippen LogP contribution is 2.07. The van der Waals surface area contributed by atoms with E-state index in [1.807, 2.05) is 0 Å². The first kappa shape index (κ1) is 9.77. The fourth-order valence-electron chi connectivity index (χ4n) is 1.08. The minimum atomic E-state index is -0.916. The number of rotatable bonds is 4. The molecular formula is C9H14N2O2. The van der Waals surface area contributed by atoms with Gasteiger partial charge >= 0.3 is 5.97 Å². The first-order valence-corrected chi connectivity index (χ1v) is 4.40. The van der Waals surface area contributed by atoms with Crippen molar-refractivity contribution in [3.63, 3.8) is 0 Å². The van der Waals surface area contributed by atoms with Crippen LogP contribution in [-0.2, 0) is 6.54 Å². The van der Waals surface area contributed by atoms with Gasteiger partial charge in [-0.1, -0.05) is 20.3 Å². The Morgan fingerprint density at radius 3 is 3.00 bits per heavy atom. The molecule has 1 atom stereocenters. The Morgan fingerprint density at radius 1 is 1.77 bits per heavy atom. The highest BCUT2D eigenvalue weighted by atomic mass is 16.4. The van der Waals surface area contributed by atoms with E-state index < -0.39 is 5.97 Å². The average Bonchev–Trinajstić information content (AvgIpc) is 2.52. The van der Waals surface area contributed by atoms with Crippen molar-refractivity contribution in [2.45, 2.75) is 26.8 Å². The summed E-state index contributed by atoms with van der Waals surface area (Å²) in [5, 5.41) is 12.7. The molecule has 0 saturated carbocycles. The van der Waals surface area contributed by atoms with Crippen LogP contribution in [0.1, 0.15) is 30.8 Å². The van der Waals surface area contributed by atoms with Crippen molar-refractivity contribution in [3.05, 3.63) is 18.0 Å². The van der Waals surface area contributed by atoms with E-state index in [4.69, 9.17) is 5.11 Å². The molecule has 4 heteroatoms. The van der Waals surface area contributed by atoms with E-state index in [2.05, 4.69) is 18.9 Å². The summed E-state index contributed by atoms with van der Waals surface area (Å²) in [7, 11) is 0. The molecule has 1 heterocycles. The van der Waals surface area contributed by atoms with Crippen LogP contribution in [0.5, 0.6) is 0 Å². The predicted octanol–water partition coefficient (Wildman–Crippen LogP) is 1.63. The number of nitrogens with zero attached hydrogens (tertiary/aromatic N) is 2. The monoisotopic (exact) mass is 182 g/mol. The normalized spacial score (nSPS) is 12.8. The SMILES string of the molecule is CCC(C)Cn1nccc1C(=O)O. The lowest BCUT2D eigenvalue weighted by Crippen LogP contribution is -2.14. The lowest BCUT2D eigenvalue weighted by atomic mass is 10.1. The van der Waals surface area contributed by atoms with E-state index in [9.17, 15) is 4.79 Å². The van der Waals surface area contributed by atoms with Crippen molar-refractivity contribution in [3.8, 4) is 0 Å². The maximum Gasteiger partial charge on any atom is 0.354 e. The highest BCUT2D eigenvalue weighted by molar-refractivity contribution is 5.85. The Morgan fingerprint density at radius 2 is 2.46 bits per heavy atom. The first-order valence-electron chi connectivity index (χ1n) is 4.40. The zero-order valence-electron chi connectivity index (χ0n) is 7.90. The lowest BCUT2D eigenvalue weighted by Gasteiger charge is -2.09. The van der Waals surface area contributed by atoms with Gasteiger partial charge in [0.2, 0.25) is 0 Å². The van der Waals surface area contributed by atoms with Gasteiger partial charge in [0.15, 0.2) is 0 Å². The number of hydrogen-bond donors (Lipinski definition) is 1. The zero-order chi connectivity index (χ0) is 9.84. The summed E-state index contributed by atoms with van der Waals surface area (Å²) in [6, 6.07) is 1.52. The third kappa shape index (κ3) is 2.31. The van der Waals surface area contributed by atoms with E-state index in [1.165, 1.54) is 16.9 Å². The summed E-state index contributed by atoms with van der Waals surface area (Å²) in [6.45, 7) is 4.83. The van der Waals surface area contributed by atoms with Crippen LogP contribution in [0.2, 0.25) is 0 Å². The van der Waals surface area contributed by atoms with Gasteiger partial charge in [0.25, 0.3) is 0 Å². The smallest absolute Gasteiger partial charge is 0.354 e. The van der Waals surface area contributed by atoms with Gasteiger partial charge in [-0.2, -0.15) is 5.10 Å². The molecule has 0 saturated heterocycles. The van der Waals surface area contributed by atoms with Gasteiger partial charge in [0.05, 0.1) is 0 Å². The number of hydrogen-bond acceptors (Lipinski definition) is 2. The number of carbonyl (C=O) groups is 1. The third-order valence-corrected chi connectivity index (χ3v) is 2.12. The second-order valence-electron chi connectivity index (χ2n) is 3.22. The largest absolute Gasteiger partial charge is 0.477 e. The average molecular weight is 182 g/mol. The summed E-state index contributed by atoms with van der Waals surface area (Å²) in [6.07, 6.45) is 2.55. The zero-order valence-corrected chi connectivity index (χ0v) is 7.90. The molecule has 1 rings (SSSR count). The molecule has 1 N–H and O–H groups in total. The molecule has 0 bridgehead atoms. The molecule has 1 aromatic heterocycles. The third-order valence-electron chi connectivity index (χ3n) is 2.12. The van der Waals surface area contributed by atoms with Crippen LogP contribution in [0.25, 0.3) is 0 Å². The Labute approximate surface area is 77.2 Å². The lowest BCUT2D eigenvalue weighted by molar-refractivity contribution is 0.0682. The van der Waals surface area contributed by atoms with Crippen molar-refractivity contribution in [2.75, 3.05) is 0 Å². The van der Waals surface area contributed by atoms with Crippen LogP contribution >= 0.6 is 0 Å². The highest BCUT2D eigenvalue weighted by Gasteiger charge is 2.11. The quantitative estimate of drug-likeness (QED) is 0.769. The second-order valence-corrected chi connectivity index (χ2v) is 3.22. The molecule has 1 aromatic rings. The van der Waals surface area contributed by atoms with Crippen LogP contribution in [0.15, 0.2) is 12.3 Å². The van der Waals surface area contributed by atoms with Gasteiger partial charge in [-0.25, -0.2) is 4.79 Å². The molecule has 0 radical (unpaired) electrons. The van der Waals surface area contributed by atoms with Crippen molar-refractivity contribution in [1.82, 2.24) is 9.78 Å². The molecule has 13 heavy (non-hydrogen) atoms. The second kappa shape index (κ2) is 4.07. The molecule has 0 aliphatic carbocycles.